The molecule has 1 aliphatic carbocycles. The predicted molar refractivity (Wildman–Crippen MR) is 101 cm³/mol. The van der Waals surface area contributed by atoms with E-state index in [0.717, 1.165) is 5.56 Å². The van der Waals surface area contributed by atoms with E-state index in [4.69, 9.17) is 21.5 Å². The number of halogens is 1. The maximum atomic E-state index is 12.7. The van der Waals surface area contributed by atoms with E-state index in [0.29, 0.717) is 5.02 Å². The number of rotatable bonds is 5. The molecule has 1 fully saturated rings. The number of benzene rings is 1. The molecule has 1 saturated carbocycles. The number of hydrogen-bond acceptors (Lipinski definition) is 5. The molecule has 0 bridgehead atoms. The van der Waals surface area contributed by atoms with E-state index >= 15 is 0 Å². The molecule has 27 heavy (non-hydrogen) atoms. The molecule has 1 heterocycles. The van der Waals surface area contributed by atoms with Crippen LogP contribution in [0, 0.1) is 5.41 Å². The monoisotopic (exact) mass is 409 g/mol. The number of nitrogens with one attached hydrogen (secondary N) is 1. The number of ether oxygens (including phenoxy) is 1. The van der Waals surface area contributed by atoms with Crippen LogP contribution >= 0.6 is 11.6 Å². The van der Waals surface area contributed by atoms with Gasteiger partial charge in [-0.05, 0) is 29.2 Å². The van der Waals surface area contributed by atoms with Gasteiger partial charge in [-0.15, -0.1) is 0 Å². The van der Waals surface area contributed by atoms with Gasteiger partial charge in [0.15, 0.2) is 0 Å². The van der Waals surface area contributed by atoms with Crippen molar-refractivity contribution < 1.29 is 17.9 Å². The molecule has 0 aliphatic heterocycles. The van der Waals surface area contributed by atoms with Crippen LogP contribution in [0.25, 0.3) is 0 Å². The van der Waals surface area contributed by atoms with E-state index in [1.54, 1.807) is 12.1 Å². The molecule has 7 nitrogen and oxygen atoms in total. The minimum Gasteiger partial charge on any atom is -0.480 e. The van der Waals surface area contributed by atoms with Gasteiger partial charge in [-0.1, -0.05) is 37.6 Å². The number of carbonyl (C=O) groups excluding carboxylic acids is 1. The maximum absolute atomic E-state index is 12.7. The highest BCUT2D eigenvalue weighted by Crippen LogP contribution is 2.58. The molecule has 0 saturated heterocycles. The van der Waals surface area contributed by atoms with Gasteiger partial charge < -0.3 is 10.1 Å². The van der Waals surface area contributed by atoms with E-state index in [1.165, 1.54) is 31.5 Å². The van der Waals surface area contributed by atoms with Gasteiger partial charge in [-0.3, -0.25) is 4.79 Å². The largest absolute Gasteiger partial charge is 0.480 e. The highest BCUT2D eigenvalue weighted by Gasteiger charge is 2.59. The molecule has 144 valence electrons. The Labute approximate surface area is 162 Å². The van der Waals surface area contributed by atoms with E-state index in [-0.39, 0.29) is 39.6 Å². The normalized spacial score (nSPS) is 20.8. The van der Waals surface area contributed by atoms with Crippen molar-refractivity contribution >= 4 is 27.5 Å². The molecule has 0 radical (unpaired) electrons. The Hall–Kier alpha value is -2.16. The van der Waals surface area contributed by atoms with Crippen LogP contribution in [0.5, 0.6) is 5.88 Å². The predicted octanol–water partition coefficient (Wildman–Crippen LogP) is 2.31. The van der Waals surface area contributed by atoms with Crippen LogP contribution < -0.4 is 15.2 Å². The molecule has 9 heteroatoms. The Morgan fingerprint density at radius 2 is 1.93 bits per heavy atom. The van der Waals surface area contributed by atoms with Gasteiger partial charge in [0.2, 0.25) is 15.9 Å². The van der Waals surface area contributed by atoms with Crippen LogP contribution in [0.15, 0.2) is 41.4 Å². The van der Waals surface area contributed by atoms with Crippen LogP contribution in [0.2, 0.25) is 5.02 Å². The summed E-state index contributed by atoms with van der Waals surface area (Å²) in [5.74, 6) is -0.0953. The third-order valence-electron chi connectivity index (χ3n) is 4.94. The number of carbonyl (C=O) groups is 1. The zero-order chi connectivity index (χ0) is 20.0. The quantitative estimate of drug-likeness (QED) is 0.787. The second-order valence-corrected chi connectivity index (χ2v) is 9.07. The van der Waals surface area contributed by atoms with Crippen molar-refractivity contribution in [2.45, 2.75) is 30.7 Å². The van der Waals surface area contributed by atoms with Crippen molar-refractivity contribution in [3.63, 3.8) is 0 Å². The Morgan fingerprint density at radius 1 is 1.30 bits per heavy atom. The summed E-state index contributed by atoms with van der Waals surface area (Å²) in [5.41, 5.74) is 0.989. The first kappa shape index (κ1) is 19.6. The smallest absolute Gasteiger partial charge is 0.257 e. The molecular weight excluding hydrogens is 390 g/mol. The highest BCUT2D eigenvalue weighted by molar-refractivity contribution is 7.89. The van der Waals surface area contributed by atoms with Crippen LogP contribution in [-0.2, 0) is 10.0 Å². The molecule has 3 rings (SSSR count). The third-order valence-corrected chi connectivity index (χ3v) is 6.07. The topological polar surface area (TPSA) is 111 Å². The molecule has 2 aromatic rings. The Kier molecular flexibility index (Phi) is 4.92. The fraction of sp³-hybridized carbons (Fsp3) is 0.333. The summed E-state index contributed by atoms with van der Waals surface area (Å²) >= 11 is 5.94. The number of pyridine rings is 1. The zero-order valence-corrected chi connectivity index (χ0v) is 16.6. The van der Waals surface area contributed by atoms with Crippen LogP contribution in [0.1, 0.15) is 35.7 Å². The first-order valence-electron chi connectivity index (χ1n) is 8.19. The van der Waals surface area contributed by atoms with Crippen molar-refractivity contribution in [1.82, 2.24) is 10.3 Å². The number of sulfonamides is 1. The van der Waals surface area contributed by atoms with Gasteiger partial charge in [0.25, 0.3) is 5.91 Å². The fourth-order valence-corrected chi connectivity index (χ4v) is 4.04. The average molecular weight is 410 g/mol. The number of hydrogen-bond donors (Lipinski definition) is 2. The standard InChI is InChI=1S/C18H20ClN3O4S/c1-18(2)14(10-4-6-12(7-5-10)27(20,24)25)15(18)22-16(23)13-8-11(19)9-21-17(13)26-3/h4-9,14-15H,1-3H3,(H,22,23)(H2,20,24,25)/t14-,15-/m0/s1. The number of aromatic nitrogens is 1. The lowest BCUT2D eigenvalue weighted by molar-refractivity contribution is 0.0942. The van der Waals surface area contributed by atoms with Crippen LogP contribution in [-0.4, -0.2) is 32.5 Å². The molecule has 1 aromatic heterocycles. The van der Waals surface area contributed by atoms with Crippen molar-refractivity contribution in [3.8, 4) is 5.88 Å². The Balaban J connectivity index is 1.80. The summed E-state index contributed by atoms with van der Waals surface area (Å²) in [5, 5.41) is 8.47. The first-order valence-corrected chi connectivity index (χ1v) is 10.1. The van der Waals surface area contributed by atoms with E-state index in [1.807, 2.05) is 13.8 Å². The minimum atomic E-state index is -3.74. The number of nitrogens with two attached hydrogens (primary N) is 1. The maximum Gasteiger partial charge on any atom is 0.257 e. The number of amides is 1. The van der Waals surface area contributed by atoms with Crippen molar-refractivity contribution in [2.75, 3.05) is 7.11 Å². The lowest BCUT2D eigenvalue weighted by Crippen LogP contribution is -2.29. The Morgan fingerprint density at radius 3 is 2.48 bits per heavy atom. The van der Waals surface area contributed by atoms with Crippen molar-refractivity contribution in [1.29, 1.82) is 0 Å². The van der Waals surface area contributed by atoms with E-state index in [9.17, 15) is 13.2 Å². The van der Waals surface area contributed by atoms with E-state index < -0.39 is 10.0 Å². The third kappa shape index (κ3) is 3.78. The van der Waals surface area contributed by atoms with Crippen molar-refractivity contribution in [2.24, 2.45) is 10.6 Å². The summed E-state index contributed by atoms with van der Waals surface area (Å²) in [6, 6.07) is 7.77. The summed E-state index contributed by atoms with van der Waals surface area (Å²) in [7, 11) is -2.30. The fourth-order valence-electron chi connectivity index (χ4n) is 3.37. The van der Waals surface area contributed by atoms with Gasteiger partial charge in [0, 0.05) is 18.2 Å². The van der Waals surface area contributed by atoms with Crippen LogP contribution in [0.4, 0.5) is 0 Å². The van der Waals surface area contributed by atoms with Crippen molar-refractivity contribution in [3.05, 3.63) is 52.7 Å². The lowest BCUT2D eigenvalue weighted by Gasteiger charge is -2.09. The molecule has 2 atom stereocenters. The molecule has 0 spiro atoms. The van der Waals surface area contributed by atoms with E-state index in [2.05, 4.69) is 10.3 Å². The van der Waals surface area contributed by atoms with Gasteiger partial charge in [0.1, 0.15) is 5.56 Å². The molecule has 0 unspecified atom stereocenters. The first-order chi connectivity index (χ1) is 12.6. The number of nitrogens with zero attached hydrogens (tertiary/aromatic N) is 1. The summed E-state index contributed by atoms with van der Waals surface area (Å²) in [6.45, 7) is 4.06. The highest BCUT2D eigenvalue weighted by atomic mass is 35.5. The van der Waals surface area contributed by atoms with Gasteiger partial charge in [0.05, 0.1) is 17.0 Å². The van der Waals surface area contributed by atoms with Gasteiger partial charge in [-0.25, -0.2) is 18.5 Å². The SMILES string of the molecule is COc1ncc(Cl)cc1C(=O)N[C@H]1[C@H](c2ccc(S(N)(=O)=O)cc2)C1(C)C. The summed E-state index contributed by atoms with van der Waals surface area (Å²) < 4.78 is 27.9. The molecule has 3 N–H and O–H groups in total. The van der Waals surface area contributed by atoms with Gasteiger partial charge >= 0.3 is 0 Å². The molecule has 1 amide bonds. The van der Waals surface area contributed by atoms with Gasteiger partial charge in [-0.2, -0.15) is 0 Å². The number of primary sulfonamides is 1. The average Bonchev–Trinajstić information content (AvgIpc) is 3.14. The number of methoxy groups -OCH3 is 1. The summed E-state index contributed by atoms with van der Waals surface area (Å²) in [4.78, 5) is 16.8. The minimum absolute atomic E-state index is 0.0362. The second-order valence-electron chi connectivity index (χ2n) is 7.07. The summed E-state index contributed by atoms with van der Waals surface area (Å²) in [6.07, 6.45) is 1.41. The molecule has 1 aromatic carbocycles. The van der Waals surface area contributed by atoms with Crippen LogP contribution in [0.3, 0.4) is 0 Å². The molecule has 1 aliphatic rings. The molecular formula is C18H20ClN3O4S. The Bertz CT molecular complexity index is 990. The lowest BCUT2D eigenvalue weighted by atomic mass is 10.0. The zero-order valence-electron chi connectivity index (χ0n) is 15.1. The second kappa shape index (κ2) is 6.78.